The van der Waals surface area contributed by atoms with E-state index in [9.17, 15) is 18.3 Å². The first-order chi connectivity index (χ1) is 16.9. The summed E-state index contributed by atoms with van der Waals surface area (Å²) in [5.74, 6) is -1.09. The number of rotatable bonds is 7. The molecule has 0 aromatic heterocycles. The SMILES string of the molecule is CC(O)C1CCC(c2ccc(OCC3CCC(c4ccc(C5CO5)c(F)c4)CC3)c(F)c2F)CC1. The van der Waals surface area contributed by atoms with Crippen molar-refractivity contribution in [1.82, 2.24) is 0 Å². The van der Waals surface area contributed by atoms with Crippen molar-refractivity contribution in [3.8, 4) is 5.75 Å². The number of aliphatic hydroxyl groups excluding tert-OH is 1. The van der Waals surface area contributed by atoms with E-state index >= 15 is 0 Å². The molecule has 35 heavy (non-hydrogen) atoms. The van der Waals surface area contributed by atoms with Crippen LogP contribution in [0, 0.1) is 29.3 Å². The van der Waals surface area contributed by atoms with Gasteiger partial charge in [-0.3, -0.25) is 0 Å². The van der Waals surface area contributed by atoms with Crippen molar-refractivity contribution < 1.29 is 27.8 Å². The summed E-state index contributed by atoms with van der Waals surface area (Å²) in [6, 6.07) is 8.74. The van der Waals surface area contributed by atoms with E-state index < -0.39 is 11.6 Å². The summed E-state index contributed by atoms with van der Waals surface area (Å²) in [7, 11) is 0. The van der Waals surface area contributed by atoms with Crippen molar-refractivity contribution in [1.29, 1.82) is 0 Å². The minimum Gasteiger partial charge on any atom is -0.490 e. The fourth-order valence-electron chi connectivity index (χ4n) is 6.04. The quantitative estimate of drug-likeness (QED) is 0.420. The molecule has 2 aliphatic carbocycles. The Labute approximate surface area is 205 Å². The lowest BCUT2D eigenvalue weighted by atomic mass is 9.77. The molecule has 3 nitrogen and oxygen atoms in total. The zero-order valence-electron chi connectivity index (χ0n) is 20.3. The van der Waals surface area contributed by atoms with E-state index in [1.54, 1.807) is 25.1 Å². The Morgan fingerprint density at radius 2 is 1.54 bits per heavy atom. The van der Waals surface area contributed by atoms with Crippen molar-refractivity contribution in [3.05, 3.63) is 64.5 Å². The lowest BCUT2D eigenvalue weighted by molar-refractivity contribution is 0.0963. The van der Waals surface area contributed by atoms with Crippen LogP contribution in [0.4, 0.5) is 13.2 Å². The largest absolute Gasteiger partial charge is 0.490 e. The van der Waals surface area contributed by atoms with E-state index in [0.29, 0.717) is 30.3 Å². The first kappa shape index (κ1) is 24.6. The maximum Gasteiger partial charge on any atom is 0.200 e. The van der Waals surface area contributed by atoms with Crippen LogP contribution in [-0.4, -0.2) is 24.4 Å². The molecule has 1 heterocycles. The molecule has 3 fully saturated rings. The summed E-state index contributed by atoms with van der Waals surface area (Å²) in [5, 5.41) is 9.78. The molecule has 5 rings (SSSR count). The van der Waals surface area contributed by atoms with Crippen molar-refractivity contribution in [3.63, 3.8) is 0 Å². The third kappa shape index (κ3) is 5.54. The Hall–Kier alpha value is -2.05. The monoisotopic (exact) mass is 488 g/mol. The average molecular weight is 489 g/mol. The van der Waals surface area contributed by atoms with Gasteiger partial charge in [0.05, 0.1) is 19.3 Å². The summed E-state index contributed by atoms with van der Waals surface area (Å²) in [5.41, 5.74) is 2.09. The van der Waals surface area contributed by atoms with Gasteiger partial charge in [0.25, 0.3) is 0 Å². The molecule has 0 amide bonds. The number of aliphatic hydroxyl groups is 1. The van der Waals surface area contributed by atoms with Crippen LogP contribution in [0.1, 0.15) is 92.9 Å². The van der Waals surface area contributed by atoms with E-state index in [2.05, 4.69) is 0 Å². The molecule has 6 heteroatoms. The smallest absolute Gasteiger partial charge is 0.200 e. The van der Waals surface area contributed by atoms with Gasteiger partial charge < -0.3 is 14.6 Å². The Balaban J connectivity index is 1.13. The van der Waals surface area contributed by atoms with Gasteiger partial charge in [0, 0.05) is 5.56 Å². The predicted octanol–water partition coefficient (Wildman–Crippen LogP) is 7.18. The molecule has 2 saturated carbocycles. The lowest BCUT2D eigenvalue weighted by Gasteiger charge is -2.31. The average Bonchev–Trinajstić information content (AvgIpc) is 3.71. The van der Waals surface area contributed by atoms with Crippen LogP contribution >= 0.6 is 0 Å². The van der Waals surface area contributed by atoms with Crippen LogP contribution in [0.15, 0.2) is 30.3 Å². The standard InChI is InChI=1S/C29H35F3O3/c1-17(33)19-6-8-21(9-7-19)23-12-13-26(29(32)28(23)31)34-15-18-2-4-20(5-3-18)22-10-11-24(25(30)14-22)27-16-35-27/h10-14,17-21,27,33H,2-9,15-16H2,1H3. The van der Waals surface area contributed by atoms with Gasteiger partial charge >= 0.3 is 0 Å². The molecule has 2 unspecified atom stereocenters. The normalized spacial score (nSPS) is 29.6. The number of halogens is 3. The van der Waals surface area contributed by atoms with E-state index in [1.165, 1.54) is 0 Å². The third-order valence-electron chi connectivity index (χ3n) is 8.47. The molecule has 2 atom stereocenters. The number of ether oxygens (including phenoxy) is 2. The van der Waals surface area contributed by atoms with Gasteiger partial charge in [0.1, 0.15) is 11.9 Å². The van der Waals surface area contributed by atoms with Gasteiger partial charge in [0.15, 0.2) is 11.6 Å². The zero-order valence-corrected chi connectivity index (χ0v) is 20.3. The molecule has 2 aromatic rings. The Morgan fingerprint density at radius 1 is 0.886 bits per heavy atom. The summed E-state index contributed by atoms with van der Waals surface area (Å²) in [6.45, 7) is 2.75. The molecule has 1 saturated heterocycles. The molecule has 0 bridgehead atoms. The second kappa shape index (κ2) is 10.5. The van der Waals surface area contributed by atoms with Crippen molar-refractivity contribution >= 4 is 0 Å². The molecular formula is C29H35F3O3. The van der Waals surface area contributed by atoms with Gasteiger partial charge in [-0.05, 0) is 105 Å². The fourth-order valence-corrected chi connectivity index (χ4v) is 6.04. The van der Waals surface area contributed by atoms with E-state index in [4.69, 9.17) is 9.47 Å². The van der Waals surface area contributed by atoms with Gasteiger partial charge in [-0.1, -0.05) is 18.2 Å². The summed E-state index contributed by atoms with van der Waals surface area (Å²) in [4.78, 5) is 0. The third-order valence-corrected chi connectivity index (χ3v) is 8.47. The second-order valence-corrected chi connectivity index (χ2v) is 10.8. The van der Waals surface area contributed by atoms with Crippen LogP contribution in [0.25, 0.3) is 0 Å². The second-order valence-electron chi connectivity index (χ2n) is 10.8. The van der Waals surface area contributed by atoms with Crippen molar-refractivity contribution in [2.75, 3.05) is 13.2 Å². The Bertz CT molecular complexity index is 1020. The minimum absolute atomic E-state index is 0.0143. The Kier molecular flexibility index (Phi) is 7.40. The Morgan fingerprint density at radius 3 is 2.17 bits per heavy atom. The number of hydrogen-bond acceptors (Lipinski definition) is 3. The van der Waals surface area contributed by atoms with Crippen LogP contribution in [0.3, 0.4) is 0 Å². The molecule has 0 radical (unpaired) electrons. The van der Waals surface area contributed by atoms with E-state index in [0.717, 1.165) is 56.9 Å². The number of epoxide rings is 1. The van der Waals surface area contributed by atoms with Crippen LogP contribution in [0.5, 0.6) is 5.75 Å². The minimum atomic E-state index is -0.899. The topological polar surface area (TPSA) is 42.0 Å². The summed E-state index contributed by atoms with van der Waals surface area (Å²) < 4.78 is 55.0. The number of benzene rings is 2. The summed E-state index contributed by atoms with van der Waals surface area (Å²) >= 11 is 0. The molecule has 0 spiro atoms. The van der Waals surface area contributed by atoms with E-state index in [-0.39, 0.29) is 41.5 Å². The lowest BCUT2D eigenvalue weighted by Crippen LogP contribution is -2.23. The van der Waals surface area contributed by atoms with Gasteiger partial charge in [-0.15, -0.1) is 0 Å². The number of hydrogen-bond donors (Lipinski definition) is 1. The molecule has 2 aromatic carbocycles. The highest BCUT2D eigenvalue weighted by Crippen LogP contribution is 2.41. The van der Waals surface area contributed by atoms with Gasteiger partial charge in [-0.25, -0.2) is 8.78 Å². The molecular weight excluding hydrogens is 453 g/mol. The predicted molar refractivity (Wildman–Crippen MR) is 128 cm³/mol. The van der Waals surface area contributed by atoms with Crippen LogP contribution < -0.4 is 4.74 Å². The first-order valence-electron chi connectivity index (χ1n) is 13.1. The van der Waals surface area contributed by atoms with Crippen LogP contribution in [-0.2, 0) is 4.74 Å². The van der Waals surface area contributed by atoms with Crippen LogP contribution in [0.2, 0.25) is 0 Å². The maximum atomic E-state index is 14.9. The summed E-state index contributed by atoms with van der Waals surface area (Å²) in [6.07, 6.45) is 6.42. The van der Waals surface area contributed by atoms with Crippen molar-refractivity contribution in [2.24, 2.45) is 11.8 Å². The molecule has 3 aliphatic rings. The van der Waals surface area contributed by atoms with E-state index in [1.807, 2.05) is 12.1 Å². The zero-order chi connectivity index (χ0) is 24.5. The molecule has 190 valence electrons. The fraction of sp³-hybridized carbons (Fsp3) is 0.586. The highest BCUT2D eigenvalue weighted by atomic mass is 19.2. The maximum absolute atomic E-state index is 14.9. The molecule has 1 aliphatic heterocycles. The van der Waals surface area contributed by atoms with Crippen molar-refractivity contribution in [2.45, 2.75) is 82.3 Å². The highest BCUT2D eigenvalue weighted by molar-refractivity contribution is 5.33. The van der Waals surface area contributed by atoms with Gasteiger partial charge in [0.2, 0.25) is 5.82 Å². The first-order valence-corrected chi connectivity index (χ1v) is 13.1. The molecule has 1 N–H and O–H groups in total. The van der Waals surface area contributed by atoms with Gasteiger partial charge in [-0.2, -0.15) is 4.39 Å². The highest BCUT2D eigenvalue weighted by Gasteiger charge is 2.30.